The van der Waals surface area contributed by atoms with E-state index in [0.717, 1.165) is 10.5 Å². The molecule has 2 amide bonds. The number of carboxylic acid groups (broad SMARTS) is 1. The van der Waals surface area contributed by atoms with E-state index in [4.69, 9.17) is 0 Å². The SMILES string of the molecule is CC1=CC(=O)C2=C(C[C@@H]3C(=CC[C@@H]4C(=O)N(c5cccc(C(=O)O)c5)C(=O)[C@@H]43)[C@@H]2c2ccccc2O)C1=O. The van der Waals surface area contributed by atoms with Crippen LogP contribution in [0, 0.1) is 17.8 Å². The van der Waals surface area contributed by atoms with Crippen LogP contribution in [-0.2, 0) is 19.2 Å². The Balaban J connectivity index is 1.48. The molecule has 2 N–H and O–H groups in total. The molecule has 1 aliphatic heterocycles. The van der Waals surface area contributed by atoms with Crippen molar-refractivity contribution in [2.45, 2.75) is 25.7 Å². The Morgan fingerprint density at radius 1 is 0.974 bits per heavy atom. The van der Waals surface area contributed by atoms with Gasteiger partial charge < -0.3 is 10.2 Å². The molecule has 0 aromatic heterocycles. The van der Waals surface area contributed by atoms with Crippen molar-refractivity contribution >= 4 is 35.0 Å². The monoisotopic (exact) mass is 509 g/mol. The second kappa shape index (κ2) is 8.48. The number of anilines is 1. The number of amides is 2. The predicted molar refractivity (Wildman–Crippen MR) is 135 cm³/mol. The number of phenolic OH excluding ortho intramolecular Hbond substituents is 1. The largest absolute Gasteiger partial charge is 0.508 e. The minimum Gasteiger partial charge on any atom is -0.508 e. The lowest BCUT2D eigenvalue weighted by atomic mass is 9.59. The summed E-state index contributed by atoms with van der Waals surface area (Å²) >= 11 is 0. The lowest BCUT2D eigenvalue weighted by Crippen LogP contribution is -2.39. The number of benzene rings is 2. The summed E-state index contributed by atoms with van der Waals surface area (Å²) < 4.78 is 0. The van der Waals surface area contributed by atoms with Crippen molar-refractivity contribution in [3.63, 3.8) is 0 Å². The third kappa shape index (κ3) is 3.33. The van der Waals surface area contributed by atoms with Crippen molar-refractivity contribution in [3.8, 4) is 5.75 Å². The number of carbonyl (C=O) groups is 5. The first-order valence-corrected chi connectivity index (χ1v) is 12.4. The van der Waals surface area contributed by atoms with Gasteiger partial charge in [-0.2, -0.15) is 0 Å². The molecule has 0 spiro atoms. The third-order valence-electron chi connectivity index (χ3n) is 8.16. The first-order valence-electron chi connectivity index (χ1n) is 12.4. The fourth-order valence-corrected chi connectivity index (χ4v) is 6.50. The fraction of sp³-hybridized carbons (Fsp3) is 0.233. The van der Waals surface area contributed by atoms with Gasteiger partial charge in [0.15, 0.2) is 11.6 Å². The Kier molecular flexibility index (Phi) is 5.31. The molecular weight excluding hydrogens is 486 g/mol. The van der Waals surface area contributed by atoms with Crippen molar-refractivity contribution in [1.29, 1.82) is 0 Å². The Labute approximate surface area is 217 Å². The Bertz CT molecular complexity index is 1580. The highest BCUT2D eigenvalue weighted by atomic mass is 16.4. The molecule has 6 rings (SSSR count). The second-order valence-corrected chi connectivity index (χ2v) is 10.2. The van der Waals surface area contributed by atoms with E-state index in [0.29, 0.717) is 22.3 Å². The van der Waals surface area contributed by atoms with Gasteiger partial charge in [-0.25, -0.2) is 4.79 Å². The molecule has 8 heteroatoms. The number of ketones is 2. The normalized spacial score (nSPS) is 26.5. The van der Waals surface area contributed by atoms with Gasteiger partial charge in [0.2, 0.25) is 11.8 Å². The highest BCUT2D eigenvalue weighted by Gasteiger charge is 2.56. The third-order valence-corrected chi connectivity index (χ3v) is 8.16. The zero-order valence-electron chi connectivity index (χ0n) is 20.4. The van der Waals surface area contributed by atoms with Crippen LogP contribution in [0.25, 0.3) is 0 Å². The lowest BCUT2D eigenvalue weighted by Gasteiger charge is -2.42. The molecule has 38 heavy (non-hydrogen) atoms. The van der Waals surface area contributed by atoms with Crippen LogP contribution in [0.5, 0.6) is 5.75 Å². The number of fused-ring (bicyclic) bond motifs is 3. The molecule has 8 nitrogen and oxygen atoms in total. The van der Waals surface area contributed by atoms with Gasteiger partial charge in [-0.3, -0.25) is 24.1 Å². The molecule has 0 bridgehead atoms. The molecule has 1 saturated heterocycles. The van der Waals surface area contributed by atoms with E-state index >= 15 is 0 Å². The van der Waals surface area contributed by atoms with Gasteiger partial charge in [0.1, 0.15) is 5.75 Å². The number of carbonyl (C=O) groups excluding carboxylic acids is 4. The zero-order chi connectivity index (χ0) is 26.9. The topological polar surface area (TPSA) is 129 Å². The predicted octanol–water partition coefficient (Wildman–Crippen LogP) is 3.72. The molecule has 1 fully saturated rings. The van der Waals surface area contributed by atoms with Crippen molar-refractivity contribution in [2.24, 2.45) is 17.8 Å². The van der Waals surface area contributed by atoms with Gasteiger partial charge in [0.05, 0.1) is 23.1 Å². The maximum atomic E-state index is 13.9. The van der Waals surface area contributed by atoms with Gasteiger partial charge in [0.25, 0.3) is 0 Å². The first-order chi connectivity index (χ1) is 18.2. The second-order valence-electron chi connectivity index (χ2n) is 10.2. The summed E-state index contributed by atoms with van der Waals surface area (Å²) in [6.45, 7) is 1.58. The quantitative estimate of drug-likeness (QED) is 0.366. The molecule has 3 aliphatic carbocycles. The minimum absolute atomic E-state index is 0.0273. The van der Waals surface area contributed by atoms with Gasteiger partial charge in [-0.05, 0) is 56.0 Å². The summed E-state index contributed by atoms with van der Waals surface area (Å²) in [6, 6.07) is 12.3. The molecule has 190 valence electrons. The van der Waals surface area contributed by atoms with E-state index in [1.54, 1.807) is 25.1 Å². The van der Waals surface area contributed by atoms with Crippen LogP contribution in [0.15, 0.2) is 83.0 Å². The summed E-state index contributed by atoms with van der Waals surface area (Å²) in [7, 11) is 0. The van der Waals surface area contributed by atoms with Crippen molar-refractivity contribution in [1.82, 2.24) is 0 Å². The van der Waals surface area contributed by atoms with Crippen LogP contribution in [-0.4, -0.2) is 39.6 Å². The average Bonchev–Trinajstić information content (AvgIpc) is 3.16. The standard InChI is InChI=1S/C30H23NO7/c1-14-11-23(33)26-21(27(14)34)13-20-17(24(26)18-7-2-3-8-22(18)32)9-10-19-25(20)29(36)31(28(19)35)16-6-4-5-15(12-16)30(37)38/h2-9,11-12,19-20,24-25,32H,10,13H2,1H3,(H,37,38)/t19-,20+,24+,25-/m0/s1. The fourth-order valence-electron chi connectivity index (χ4n) is 6.50. The van der Waals surface area contributed by atoms with Gasteiger partial charge in [-0.15, -0.1) is 0 Å². The smallest absolute Gasteiger partial charge is 0.335 e. The van der Waals surface area contributed by atoms with Crippen molar-refractivity contribution in [2.75, 3.05) is 4.90 Å². The molecule has 0 unspecified atom stereocenters. The number of aromatic hydroxyl groups is 1. The summed E-state index contributed by atoms with van der Waals surface area (Å²) in [5.41, 5.74) is 2.28. The molecule has 4 atom stereocenters. The van der Waals surface area contributed by atoms with E-state index in [-0.39, 0.29) is 41.4 Å². The number of para-hydroxylation sites is 1. The lowest BCUT2D eigenvalue weighted by molar-refractivity contribution is -0.123. The van der Waals surface area contributed by atoms with Crippen LogP contribution < -0.4 is 4.90 Å². The minimum atomic E-state index is -1.17. The van der Waals surface area contributed by atoms with Crippen LogP contribution in [0.4, 0.5) is 5.69 Å². The molecular formula is C30H23NO7. The van der Waals surface area contributed by atoms with E-state index in [1.165, 1.54) is 36.4 Å². The highest BCUT2D eigenvalue weighted by molar-refractivity contribution is 6.25. The van der Waals surface area contributed by atoms with E-state index < -0.39 is 41.5 Å². The zero-order valence-corrected chi connectivity index (χ0v) is 20.4. The van der Waals surface area contributed by atoms with E-state index in [2.05, 4.69) is 0 Å². The summed E-state index contributed by atoms with van der Waals surface area (Å²) in [4.78, 5) is 66.5. The number of hydrogen-bond acceptors (Lipinski definition) is 6. The van der Waals surface area contributed by atoms with Gasteiger partial charge >= 0.3 is 5.97 Å². The number of aromatic carboxylic acids is 1. The summed E-state index contributed by atoms with van der Waals surface area (Å²) in [6.07, 6.45) is 3.57. The van der Waals surface area contributed by atoms with Crippen LogP contribution in [0.1, 0.15) is 41.6 Å². The highest BCUT2D eigenvalue weighted by Crippen LogP contribution is 2.56. The number of carboxylic acids is 1. The number of imide groups is 1. The maximum Gasteiger partial charge on any atom is 0.335 e. The number of Topliss-reactive ketones (excluding diaryl/α,β-unsaturated/α-hetero) is 1. The van der Waals surface area contributed by atoms with Crippen LogP contribution in [0.3, 0.4) is 0 Å². The molecule has 2 aromatic carbocycles. The molecule has 0 radical (unpaired) electrons. The van der Waals surface area contributed by atoms with Gasteiger partial charge in [0, 0.05) is 28.2 Å². The van der Waals surface area contributed by atoms with E-state index in [9.17, 15) is 34.2 Å². The van der Waals surface area contributed by atoms with Crippen molar-refractivity contribution in [3.05, 3.63) is 94.1 Å². The molecule has 2 aromatic rings. The van der Waals surface area contributed by atoms with Crippen LogP contribution in [0.2, 0.25) is 0 Å². The molecule has 1 heterocycles. The molecule has 4 aliphatic rings. The first kappa shape index (κ1) is 23.8. The molecule has 0 saturated carbocycles. The Hall–Kier alpha value is -4.59. The van der Waals surface area contributed by atoms with Crippen molar-refractivity contribution < 1.29 is 34.2 Å². The number of nitrogens with zero attached hydrogens (tertiary/aromatic N) is 1. The number of hydrogen-bond donors (Lipinski definition) is 2. The number of phenols is 1. The maximum absolute atomic E-state index is 13.9. The summed E-state index contributed by atoms with van der Waals surface area (Å²) in [5.74, 6) is -5.37. The Morgan fingerprint density at radius 3 is 2.47 bits per heavy atom. The Morgan fingerprint density at radius 2 is 1.74 bits per heavy atom. The number of allylic oxidation sites excluding steroid dienone is 6. The van der Waals surface area contributed by atoms with Gasteiger partial charge in [-0.1, -0.05) is 35.9 Å². The summed E-state index contributed by atoms with van der Waals surface area (Å²) in [5, 5.41) is 20.1. The average molecular weight is 510 g/mol. The van der Waals surface area contributed by atoms with E-state index in [1.807, 2.05) is 6.08 Å². The number of rotatable bonds is 3. The van der Waals surface area contributed by atoms with Crippen LogP contribution >= 0.6 is 0 Å².